The van der Waals surface area contributed by atoms with E-state index >= 15 is 0 Å². The molecule has 0 saturated heterocycles. The fourth-order valence-corrected chi connectivity index (χ4v) is 3.48. The van der Waals surface area contributed by atoms with E-state index in [2.05, 4.69) is 9.72 Å². The Morgan fingerprint density at radius 2 is 1.93 bits per heavy atom. The van der Waals surface area contributed by atoms with Gasteiger partial charge in [-0.05, 0) is 19.1 Å². The Labute approximate surface area is 181 Å². The summed E-state index contributed by atoms with van der Waals surface area (Å²) in [7, 11) is 1.25. The van der Waals surface area contributed by atoms with E-state index in [1.807, 2.05) is 6.92 Å². The number of imidazole rings is 1. The van der Waals surface area contributed by atoms with Crippen LogP contribution in [-0.4, -0.2) is 38.3 Å². The molecule has 3 aromatic rings. The van der Waals surface area contributed by atoms with Crippen molar-refractivity contribution in [3.63, 3.8) is 0 Å². The fraction of sp³-hybridized carbons (Fsp3) is 0.200. The van der Waals surface area contributed by atoms with Crippen LogP contribution < -0.4 is 5.43 Å². The van der Waals surface area contributed by atoms with Crippen molar-refractivity contribution in [2.45, 2.75) is 20.0 Å². The van der Waals surface area contributed by atoms with Gasteiger partial charge in [0, 0.05) is 30.1 Å². The second-order valence-electron chi connectivity index (χ2n) is 6.32. The van der Waals surface area contributed by atoms with Crippen LogP contribution in [0.15, 0.2) is 41.6 Å². The lowest BCUT2D eigenvalue weighted by Crippen LogP contribution is -2.24. The Kier molecular flexibility index (Phi) is 6.28. The molecule has 30 heavy (non-hydrogen) atoms. The highest BCUT2D eigenvalue weighted by Crippen LogP contribution is 2.30. The summed E-state index contributed by atoms with van der Waals surface area (Å²) in [6.45, 7) is 2.39. The first kappa shape index (κ1) is 21.6. The number of esters is 1. The minimum Gasteiger partial charge on any atom is -0.477 e. The van der Waals surface area contributed by atoms with E-state index in [1.54, 1.807) is 21.3 Å². The van der Waals surface area contributed by atoms with Crippen molar-refractivity contribution in [2.24, 2.45) is 0 Å². The molecule has 1 aromatic carbocycles. The van der Waals surface area contributed by atoms with Crippen LogP contribution >= 0.6 is 23.2 Å². The smallest absolute Gasteiger partial charge is 0.358 e. The number of carbonyl (C=O) groups excluding carboxylic acids is 1. The van der Waals surface area contributed by atoms with Crippen molar-refractivity contribution < 1.29 is 19.4 Å². The van der Waals surface area contributed by atoms with E-state index < -0.39 is 17.4 Å². The van der Waals surface area contributed by atoms with Crippen LogP contribution in [0.25, 0.3) is 11.3 Å². The summed E-state index contributed by atoms with van der Waals surface area (Å²) in [6, 6.07) is 5.94. The van der Waals surface area contributed by atoms with Crippen molar-refractivity contribution in [1.82, 2.24) is 14.1 Å². The first-order valence-corrected chi connectivity index (χ1v) is 9.57. The number of carbonyl (C=O) groups is 2. The minimum absolute atomic E-state index is 0.120. The van der Waals surface area contributed by atoms with Gasteiger partial charge in [0.05, 0.1) is 35.7 Å². The van der Waals surface area contributed by atoms with E-state index in [4.69, 9.17) is 23.2 Å². The summed E-state index contributed by atoms with van der Waals surface area (Å²) in [4.78, 5) is 40.2. The Balaban J connectivity index is 2.20. The average molecular weight is 450 g/mol. The number of hydrogen-bond donors (Lipinski definition) is 1. The molecule has 10 heteroatoms. The highest BCUT2D eigenvalue weighted by Gasteiger charge is 2.22. The monoisotopic (exact) mass is 449 g/mol. The highest BCUT2D eigenvalue weighted by atomic mass is 35.5. The maximum absolute atomic E-state index is 12.7. The van der Waals surface area contributed by atoms with Gasteiger partial charge in [0.1, 0.15) is 5.56 Å². The first-order chi connectivity index (χ1) is 14.3. The van der Waals surface area contributed by atoms with Crippen LogP contribution in [0.4, 0.5) is 0 Å². The third-order valence-corrected chi connectivity index (χ3v) is 5.23. The second-order valence-corrected chi connectivity index (χ2v) is 7.14. The maximum atomic E-state index is 12.7. The predicted molar refractivity (Wildman–Crippen MR) is 111 cm³/mol. The van der Waals surface area contributed by atoms with Gasteiger partial charge in [-0.1, -0.05) is 29.3 Å². The zero-order chi connectivity index (χ0) is 22.0. The number of aromatic nitrogens is 3. The third kappa shape index (κ3) is 4.10. The molecule has 2 aromatic heterocycles. The summed E-state index contributed by atoms with van der Waals surface area (Å²) in [5.41, 5.74) is 0.316. The van der Waals surface area contributed by atoms with Crippen LogP contribution in [0, 0.1) is 0 Å². The maximum Gasteiger partial charge on any atom is 0.358 e. The van der Waals surface area contributed by atoms with Gasteiger partial charge < -0.3 is 19.0 Å². The van der Waals surface area contributed by atoms with E-state index in [0.717, 1.165) is 0 Å². The van der Waals surface area contributed by atoms with E-state index in [1.165, 1.54) is 31.8 Å². The van der Waals surface area contributed by atoms with E-state index in [9.17, 15) is 19.5 Å². The van der Waals surface area contributed by atoms with Gasteiger partial charge in [-0.3, -0.25) is 4.79 Å². The van der Waals surface area contributed by atoms with Gasteiger partial charge in [-0.25, -0.2) is 14.6 Å². The van der Waals surface area contributed by atoms with Gasteiger partial charge in [-0.15, -0.1) is 0 Å². The summed E-state index contributed by atoms with van der Waals surface area (Å²) < 4.78 is 7.96. The molecule has 0 aliphatic heterocycles. The van der Waals surface area contributed by atoms with Crippen LogP contribution in [0.2, 0.25) is 10.0 Å². The van der Waals surface area contributed by atoms with Crippen molar-refractivity contribution in [3.8, 4) is 11.3 Å². The molecular weight excluding hydrogens is 433 g/mol. The number of halogens is 2. The van der Waals surface area contributed by atoms with Crippen molar-refractivity contribution in [2.75, 3.05) is 7.11 Å². The molecule has 1 N–H and O–H groups in total. The van der Waals surface area contributed by atoms with Gasteiger partial charge in [-0.2, -0.15) is 0 Å². The van der Waals surface area contributed by atoms with Crippen molar-refractivity contribution in [1.29, 1.82) is 0 Å². The van der Waals surface area contributed by atoms with Gasteiger partial charge in [0.15, 0.2) is 11.1 Å². The number of rotatable bonds is 6. The van der Waals surface area contributed by atoms with Crippen LogP contribution in [0.1, 0.15) is 33.5 Å². The standard InChI is InChI=1S/C20H17Cl2N3O5/c1-3-25-12(8-24-9-15(23-10-24)20(29)30-2)7-16(26)17(19(27)28)18(25)11-4-5-13(21)14(22)6-11/h4-7,9-10H,3,8H2,1-2H3,(H,27,28). The molecule has 0 fully saturated rings. The molecule has 156 valence electrons. The lowest BCUT2D eigenvalue weighted by molar-refractivity contribution is 0.0593. The molecule has 0 saturated carbocycles. The molecule has 0 aliphatic carbocycles. The molecule has 0 aliphatic rings. The predicted octanol–water partition coefficient (Wildman–Crippen LogP) is 3.57. The summed E-state index contributed by atoms with van der Waals surface area (Å²) >= 11 is 12.1. The van der Waals surface area contributed by atoms with Crippen LogP contribution in [-0.2, 0) is 17.8 Å². The largest absolute Gasteiger partial charge is 0.477 e. The summed E-state index contributed by atoms with van der Waals surface area (Å²) in [6.07, 6.45) is 2.92. The van der Waals surface area contributed by atoms with Crippen molar-refractivity contribution in [3.05, 3.63) is 74.0 Å². The number of benzene rings is 1. The second kappa shape index (κ2) is 8.73. The molecule has 8 nitrogen and oxygen atoms in total. The van der Waals surface area contributed by atoms with Gasteiger partial charge in [0.2, 0.25) is 0 Å². The van der Waals surface area contributed by atoms with Gasteiger partial charge >= 0.3 is 11.9 Å². The molecule has 0 radical (unpaired) electrons. The van der Waals surface area contributed by atoms with Gasteiger partial charge in [0.25, 0.3) is 0 Å². The number of aromatic carboxylic acids is 1. The highest BCUT2D eigenvalue weighted by molar-refractivity contribution is 6.42. The third-order valence-electron chi connectivity index (χ3n) is 4.49. The molecule has 0 spiro atoms. The Hall–Kier alpha value is -3.10. The summed E-state index contributed by atoms with van der Waals surface area (Å²) in [5, 5.41) is 10.2. The molecule has 3 rings (SSSR count). The zero-order valence-electron chi connectivity index (χ0n) is 16.1. The summed E-state index contributed by atoms with van der Waals surface area (Å²) in [5.74, 6) is -1.93. The quantitative estimate of drug-likeness (QED) is 0.576. The van der Waals surface area contributed by atoms with E-state index in [0.29, 0.717) is 22.8 Å². The molecule has 0 amide bonds. The number of hydrogen-bond acceptors (Lipinski definition) is 5. The first-order valence-electron chi connectivity index (χ1n) is 8.82. The number of pyridine rings is 1. The number of carboxylic acid groups (broad SMARTS) is 1. The number of carboxylic acids is 1. The average Bonchev–Trinajstić information content (AvgIpc) is 3.17. The van der Waals surface area contributed by atoms with Crippen LogP contribution in [0.3, 0.4) is 0 Å². The lowest BCUT2D eigenvalue weighted by atomic mass is 10.0. The molecule has 2 heterocycles. The molecule has 0 unspecified atom stereocenters. The number of ether oxygens (including phenoxy) is 1. The normalized spacial score (nSPS) is 10.8. The Morgan fingerprint density at radius 1 is 1.20 bits per heavy atom. The topological polar surface area (TPSA) is 103 Å². The SMILES string of the molecule is CCn1c(Cn2cnc(C(=O)OC)c2)cc(=O)c(C(=O)O)c1-c1ccc(Cl)c(Cl)c1. The Morgan fingerprint density at radius 3 is 2.53 bits per heavy atom. The molecule has 0 bridgehead atoms. The molecular formula is C20H17Cl2N3O5. The van der Waals surface area contributed by atoms with Crippen LogP contribution in [0.5, 0.6) is 0 Å². The molecule has 0 atom stereocenters. The minimum atomic E-state index is -1.34. The lowest BCUT2D eigenvalue weighted by Gasteiger charge is -2.20. The zero-order valence-corrected chi connectivity index (χ0v) is 17.6. The number of methoxy groups -OCH3 is 1. The number of nitrogens with zero attached hydrogens (tertiary/aromatic N) is 3. The fourth-order valence-electron chi connectivity index (χ4n) is 3.18. The van der Waals surface area contributed by atoms with E-state index in [-0.39, 0.29) is 28.5 Å². The van der Waals surface area contributed by atoms with Crippen molar-refractivity contribution >= 4 is 35.1 Å². The Bertz CT molecular complexity index is 1200.